The molecule has 0 aliphatic heterocycles. The average molecular weight is 378 g/mol. The molecule has 2 heterocycles. The van der Waals surface area contributed by atoms with E-state index in [2.05, 4.69) is 58.7 Å². The molecular weight excluding hydrogens is 346 g/mol. The van der Waals surface area contributed by atoms with Gasteiger partial charge >= 0.3 is 0 Å². The zero-order valence-electron chi connectivity index (χ0n) is 17.0. The Bertz CT molecular complexity index is 891. The van der Waals surface area contributed by atoms with Crippen LogP contribution in [0.3, 0.4) is 0 Å². The predicted octanol–water partition coefficient (Wildman–Crippen LogP) is 4.11. The van der Waals surface area contributed by atoms with Gasteiger partial charge in [-0.2, -0.15) is 0 Å². The summed E-state index contributed by atoms with van der Waals surface area (Å²) in [5.74, 6) is 1.02. The molecular formula is C23H31N5. The topological polar surface area (TPSA) is 65.6 Å². The Morgan fingerprint density at radius 3 is 2.93 bits per heavy atom. The summed E-state index contributed by atoms with van der Waals surface area (Å²) in [4.78, 5) is 12.7. The van der Waals surface area contributed by atoms with Gasteiger partial charge in [0.25, 0.3) is 0 Å². The minimum atomic E-state index is 0.431. The number of hydrogen-bond acceptors (Lipinski definition) is 4. The lowest BCUT2D eigenvalue weighted by Crippen LogP contribution is -2.27. The molecule has 3 aromatic rings. The van der Waals surface area contributed by atoms with Crippen molar-refractivity contribution in [2.75, 3.05) is 13.1 Å². The summed E-state index contributed by atoms with van der Waals surface area (Å²) in [6.07, 6.45) is 7.88. The Morgan fingerprint density at radius 2 is 2.00 bits per heavy atom. The molecule has 2 aromatic heterocycles. The van der Waals surface area contributed by atoms with Gasteiger partial charge in [0.15, 0.2) is 0 Å². The van der Waals surface area contributed by atoms with Crippen LogP contribution in [-0.2, 0) is 13.0 Å². The van der Waals surface area contributed by atoms with E-state index in [1.807, 2.05) is 6.20 Å². The van der Waals surface area contributed by atoms with E-state index in [-0.39, 0.29) is 0 Å². The first-order valence-corrected chi connectivity index (χ1v) is 10.5. The molecule has 5 heteroatoms. The van der Waals surface area contributed by atoms with E-state index in [1.165, 1.54) is 48.1 Å². The number of fused-ring (bicyclic) bond motifs is 2. The number of H-pyrrole nitrogens is 1. The highest BCUT2D eigenvalue weighted by Gasteiger charge is 2.20. The molecule has 1 aliphatic carbocycles. The van der Waals surface area contributed by atoms with Gasteiger partial charge in [-0.15, -0.1) is 0 Å². The summed E-state index contributed by atoms with van der Waals surface area (Å²) in [5.41, 5.74) is 7.48. The minimum Gasteiger partial charge on any atom is -0.341 e. The van der Waals surface area contributed by atoms with E-state index in [9.17, 15) is 0 Å². The number of nitrogens with one attached hydrogen (secondary N) is 3. The molecule has 1 aliphatic rings. The molecule has 148 valence electrons. The Labute approximate surface area is 167 Å². The van der Waals surface area contributed by atoms with Crippen LogP contribution in [0.2, 0.25) is 0 Å². The molecule has 5 nitrogen and oxygen atoms in total. The van der Waals surface area contributed by atoms with Crippen LogP contribution >= 0.6 is 0 Å². The van der Waals surface area contributed by atoms with Crippen LogP contribution in [0.1, 0.15) is 59.9 Å². The molecule has 0 radical (unpaired) electrons. The van der Waals surface area contributed by atoms with E-state index >= 15 is 0 Å². The highest BCUT2D eigenvalue weighted by Crippen LogP contribution is 2.27. The van der Waals surface area contributed by atoms with Crippen molar-refractivity contribution < 1.29 is 0 Å². The van der Waals surface area contributed by atoms with Gasteiger partial charge in [-0.1, -0.05) is 6.07 Å². The third kappa shape index (κ3) is 4.42. The van der Waals surface area contributed by atoms with E-state index in [0.29, 0.717) is 6.04 Å². The summed E-state index contributed by atoms with van der Waals surface area (Å²) in [6, 6.07) is 9.05. The van der Waals surface area contributed by atoms with E-state index in [1.54, 1.807) is 0 Å². The highest BCUT2D eigenvalue weighted by molar-refractivity contribution is 5.77. The zero-order chi connectivity index (χ0) is 19.3. The molecule has 1 atom stereocenters. The number of aromatic amines is 1. The number of rotatable bonds is 8. The minimum absolute atomic E-state index is 0.431. The van der Waals surface area contributed by atoms with Crippen molar-refractivity contribution in [1.29, 1.82) is 0 Å². The van der Waals surface area contributed by atoms with E-state index < -0.39 is 0 Å². The molecule has 28 heavy (non-hydrogen) atoms. The van der Waals surface area contributed by atoms with Gasteiger partial charge in [0.05, 0.1) is 23.3 Å². The fourth-order valence-electron chi connectivity index (χ4n) is 4.07. The first kappa shape index (κ1) is 19.1. The van der Waals surface area contributed by atoms with Crippen LogP contribution in [0.25, 0.3) is 11.0 Å². The first-order chi connectivity index (χ1) is 13.7. The van der Waals surface area contributed by atoms with Crippen LogP contribution in [-0.4, -0.2) is 28.0 Å². The summed E-state index contributed by atoms with van der Waals surface area (Å²) in [6.45, 7) is 7.13. The molecule has 0 amide bonds. The van der Waals surface area contributed by atoms with Crippen molar-refractivity contribution in [1.82, 2.24) is 25.6 Å². The van der Waals surface area contributed by atoms with Crippen LogP contribution in [0.4, 0.5) is 0 Å². The lowest BCUT2D eigenvalue weighted by Gasteiger charge is -2.25. The van der Waals surface area contributed by atoms with Crippen LogP contribution in [0.15, 0.2) is 30.5 Å². The average Bonchev–Trinajstić information content (AvgIpc) is 3.09. The quantitative estimate of drug-likeness (QED) is 0.517. The first-order valence-electron chi connectivity index (χ1n) is 10.5. The molecule has 0 fully saturated rings. The fourth-order valence-corrected chi connectivity index (χ4v) is 4.07. The van der Waals surface area contributed by atoms with Gasteiger partial charge in [0.1, 0.15) is 5.82 Å². The third-order valence-corrected chi connectivity index (χ3v) is 5.80. The standard InChI is InChI=1S/C23H31N5/c1-16-13-20-21(14-17(16)2)28-22(27-20)15-24-10-3-4-11-25-19-9-5-7-18-8-6-12-26-23(18)19/h6,8,12-14,19,24-25H,3-5,7,9-11,15H2,1-2H3,(H,27,28). The van der Waals surface area contributed by atoms with Gasteiger partial charge in [-0.05, 0) is 93.9 Å². The maximum atomic E-state index is 4.69. The van der Waals surface area contributed by atoms with Crippen molar-refractivity contribution in [3.05, 3.63) is 58.7 Å². The molecule has 0 bridgehead atoms. The normalized spacial score (nSPS) is 16.4. The summed E-state index contributed by atoms with van der Waals surface area (Å²) in [7, 11) is 0. The second-order valence-corrected chi connectivity index (χ2v) is 7.97. The summed E-state index contributed by atoms with van der Waals surface area (Å²) < 4.78 is 0. The van der Waals surface area contributed by atoms with Crippen molar-refractivity contribution in [2.24, 2.45) is 0 Å². The van der Waals surface area contributed by atoms with E-state index in [4.69, 9.17) is 4.98 Å². The fraction of sp³-hybridized carbons (Fsp3) is 0.478. The predicted molar refractivity (Wildman–Crippen MR) is 114 cm³/mol. The van der Waals surface area contributed by atoms with Gasteiger partial charge in [0.2, 0.25) is 0 Å². The van der Waals surface area contributed by atoms with Crippen LogP contribution < -0.4 is 10.6 Å². The number of aryl methyl sites for hydroxylation is 3. The van der Waals surface area contributed by atoms with Crippen molar-refractivity contribution in [2.45, 2.75) is 58.5 Å². The lowest BCUT2D eigenvalue weighted by molar-refractivity contribution is 0.439. The highest BCUT2D eigenvalue weighted by atomic mass is 15.0. The maximum absolute atomic E-state index is 4.69. The van der Waals surface area contributed by atoms with Crippen LogP contribution in [0.5, 0.6) is 0 Å². The number of hydrogen-bond donors (Lipinski definition) is 3. The second kappa shape index (κ2) is 8.84. The number of imidazole rings is 1. The SMILES string of the molecule is Cc1cc2nc(CNCCCCNC3CCCc4cccnc43)[nH]c2cc1C. The molecule has 0 saturated carbocycles. The number of unbranched alkanes of at least 4 members (excludes halogenated alkanes) is 1. The van der Waals surface area contributed by atoms with Gasteiger partial charge < -0.3 is 15.6 Å². The molecule has 0 spiro atoms. The molecule has 4 rings (SSSR count). The monoisotopic (exact) mass is 377 g/mol. The van der Waals surface area contributed by atoms with Gasteiger partial charge in [0, 0.05) is 12.2 Å². The number of pyridine rings is 1. The van der Waals surface area contributed by atoms with E-state index in [0.717, 1.165) is 42.9 Å². The van der Waals surface area contributed by atoms with Gasteiger partial charge in [-0.3, -0.25) is 4.98 Å². The number of aromatic nitrogens is 3. The molecule has 1 aromatic carbocycles. The zero-order valence-corrected chi connectivity index (χ0v) is 17.0. The third-order valence-electron chi connectivity index (χ3n) is 5.80. The number of nitrogens with zero attached hydrogens (tertiary/aromatic N) is 2. The van der Waals surface area contributed by atoms with Crippen molar-refractivity contribution in [3.8, 4) is 0 Å². The Kier molecular flexibility index (Phi) is 6.03. The Hall–Kier alpha value is -2.24. The Balaban J connectivity index is 1.16. The smallest absolute Gasteiger partial charge is 0.121 e. The Morgan fingerprint density at radius 1 is 1.14 bits per heavy atom. The lowest BCUT2D eigenvalue weighted by atomic mass is 9.92. The van der Waals surface area contributed by atoms with Crippen molar-refractivity contribution in [3.63, 3.8) is 0 Å². The summed E-state index contributed by atoms with van der Waals surface area (Å²) in [5, 5.41) is 7.22. The summed E-state index contributed by atoms with van der Waals surface area (Å²) >= 11 is 0. The largest absolute Gasteiger partial charge is 0.341 e. The number of benzene rings is 1. The second-order valence-electron chi connectivity index (χ2n) is 7.97. The maximum Gasteiger partial charge on any atom is 0.121 e. The van der Waals surface area contributed by atoms with Crippen LogP contribution in [0, 0.1) is 13.8 Å². The molecule has 0 saturated heterocycles. The molecule has 1 unspecified atom stereocenters. The van der Waals surface area contributed by atoms with Crippen molar-refractivity contribution >= 4 is 11.0 Å². The van der Waals surface area contributed by atoms with Gasteiger partial charge in [-0.25, -0.2) is 4.98 Å². The molecule has 3 N–H and O–H groups in total.